The standard InChI is InChI=1S/C10H10BrF2NO2/c1-5-3-6(9(12)13)8(10(15)16-2)7(4-11)14-5/h3,9H,4H2,1-2H3. The fraction of sp³-hybridized carbons (Fsp3) is 0.400. The Morgan fingerprint density at radius 3 is 2.69 bits per heavy atom. The molecule has 0 unspecified atom stereocenters. The Morgan fingerprint density at radius 2 is 2.25 bits per heavy atom. The maximum atomic E-state index is 12.8. The van der Waals surface area contributed by atoms with Crippen LogP contribution in [0, 0.1) is 6.92 Å². The third-order valence-corrected chi connectivity index (χ3v) is 2.54. The summed E-state index contributed by atoms with van der Waals surface area (Å²) in [5.41, 5.74) is 0.216. The number of aryl methyl sites for hydroxylation is 1. The first kappa shape index (κ1) is 13.0. The van der Waals surface area contributed by atoms with Crippen molar-refractivity contribution in [1.82, 2.24) is 4.98 Å². The van der Waals surface area contributed by atoms with Crippen LogP contribution in [0.3, 0.4) is 0 Å². The maximum absolute atomic E-state index is 12.8. The molecule has 0 bridgehead atoms. The highest BCUT2D eigenvalue weighted by Crippen LogP contribution is 2.27. The van der Waals surface area contributed by atoms with E-state index in [2.05, 4.69) is 25.7 Å². The van der Waals surface area contributed by atoms with Crippen molar-refractivity contribution in [3.8, 4) is 0 Å². The van der Waals surface area contributed by atoms with E-state index in [1.165, 1.54) is 6.07 Å². The lowest BCUT2D eigenvalue weighted by Gasteiger charge is -2.11. The van der Waals surface area contributed by atoms with E-state index in [9.17, 15) is 13.6 Å². The van der Waals surface area contributed by atoms with Gasteiger partial charge in [0.1, 0.15) is 0 Å². The average molecular weight is 294 g/mol. The van der Waals surface area contributed by atoms with Gasteiger partial charge in [-0.2, -0.15) is 0 Å². The van der Waals surface area contributed by atoms with E-state index in [1.54, 1.807) is 6.92 Å². The van der Waals surface area contributed by atoms with Crippen molar-refractivity contribution in [3.05, 3.63) is 28.6 Å². The summed E-state index contributed by atoms with van der Waals surface area (Å²) in [7, 11) is 1.15. The summed E-state index contributed by atoms with van der Waals surface area (Å²) < 4.78 is 30.0. The number of carbonyl (C=O) groups excluding carboxylic acids is 1. The summed E-state index contributed by atoms with van der Waals surface area (Å²) in [5.74, 6) is -0.794. The zero-order valence-corrected chi connectivity index (χ0v) is 10.3. The smallest absolute Gasteiger partial charge is 0.340 e. The van der Waals surface area contributed by atoms with Gasteiger partial charge in [-0.1, -0.05) is 15.9 Å². The van der Waals surface area contributed by atoms with Crippen LogP contribution in [0.15, 0.2) is 6.07 Å². The van der Waals surface area contributed by atoms with Gasteiger partial charge in [0.05, 0.1) is 18.4 Å². The molecular weight excluding hydrogens is 284 g/mol. The fourth-order valence-corrected chi connectivity index (χ4v) is 1.78. The maximum Gasteiger partial charge on any atom is 0.340 e. The SMILES string of the molecule is COC(=O)c1c(C(F)F)cc(C)nc1CBr. The van der Waals surface area contributed by atoms with Crippen LogP contribution < -0.4 is 0 Å². The Hall–Kier alpha value is -1.04. The van der Waals surface area contributed by atoms with Crippen LogP contribution in [0.1, 0.15) is 33.7 Å². The van der Waals surface area contributed by atoms with Gasteiger partial charge >= 0.3 is 5.97 Å². The molecule has 1 aromatic rings. The predicted octanol–water partition coefficient (Wildman–Crippen LogP) is 3.01. The largest absolute Gasteiger partial charge is 0.465 e. The van der Waals surface area contributed by atoms with Gasteiger partial charge in [-0.05, 0) is 13.0 Å². The van der Waals surface area contributed by atoms with E-state index in [1.807, 2.05) is 0 Å². The molecule has 0 amide bonds. The summed E-state index contributed by atoms with van der Waals surface area (Å²) in [6, 6.07) is 1.20. The second-order valence-corrected chi connectivity index (χ2v) is 3.66. The number of halogens is 3. The molecule has 1 aromatic heterocycles. The Labute approximate surface area is 99.9 Å². The summed E-state index contributed by atoms with van der Waals surface area (Å²) in [5, 5.41) is 0.221. The van der Waals surface area contributed by atoms with Gasteiger partial charge < -0.3 is 4.74 Å². The van der Waals surface area contributed by atoms with E-state index in [-0.39, 0.29) is 22.2 Å². The van der Waals surface area contributed by atoms with Crippen molar-refractivity contribution in [2.45, 2.75) is 18.7 Å². The van der Waals surface area contributed by atoms with Crippen LogP contribution in [0.2, 0.25) is 0 Å². The van der Waals surface area contributed by atoms with Crippen molar-refractivity contribution in [2.24, 2.45) is 0 Å². The zero-order valence-electron chi connectivity index (χ0n) is 8.76. The summed E-state index contributed by atoms with van der Waals surface area (Å²) in [4.78, 5) is 15.4. The molecule has 1 rings (SSSR count). The minimum Gasteiger partial charge on any atom is -0.465 e. The number of pyridine rings is 1. The number of nitrogens with zero attached hydrogens (tertiary/aromatic N) is 1. The number of methoxy groups -OCH3 is 1. The van der Waals surface area contributed by atoms with Crippen molar-refractivity contribution in [1.29, 1.82) is 0 Å². The summed E-state index contributed by atoms with van der Waals surface area (Å²) >= 11 is 3.11. The van der Waals surface area contributed by atoms with Crippen LogP contribution >= 0.6 is 15.9 Å². The number of carbonyl (C=O) groups is 1. The molecule has 0 radical (unpaired) electrons. The number of aromatic nitrogens is 1. The topological polar surface area (TPSA) is 39.2 Å². The first-order valence-corrected chi connectivity index (χ1v) is 5.56. The minimum absolute atomic E-state index is 0.153. The first-order chi connectivity index (χ1) is 7.51. The average Bonchev–Trinajstić information content (AvgIpc) is 2.26. The van der Waals surface area contributed by atoms with E-state index in [4.69, 9.17) is 0 Å². The molecule has 0 aliphatic carbocycles. The minimum atomic E-state index is -2.73. The summed E-state index contributed by atoms with van der Waals surface area (Å²) in [6.45, 7) is 1.60. The Kier molecular flexibility index (Phi) is 4.35. The van der Waals surface area contributed by atoms with E-state index in [0.29, 0.717) is 5.69 Å². The molecule has 0 saturated heterocycles. The first-order valence-electron chi connectivity index (χ1n) is 4.44. The molecular formula is C10H10BrF2NO2. The monoisotopic (exact) mass is 293 g/mol. The molecule has 0 N–H and O–H groups in total. The van der Waals surface area contributed by atoms with Gasteiger partial charge in [-0.25, -0.2) is 13.6 Å². The molecule has 6 heteroatoms. The Bertz CT molecular complexity index is 410. The van der Waals surface area contributed by atoms with Gasteiger partial charge in [0.2, 0.25) is 0 Å². The zero-order chi connectivity index (χ0) is 12.3. The molecule has 0 aliphatic heterocycles. The van der Waals surface area contributed by atoms with E-state index < -0.39 is 12.4 Å². The van der Waals surface area contributed by atoms with Crippen molar-refractivity contribution < 1.29 is 18.3 Å². The second kappa shape index (κ2) is 5.34. The molecule has 0 aromatic carbocycles. The van der Waals surface area contributed by atoms with Crippen LogP contribution in [-0.2, 0) is 10.1 Å². The molecule has 0 aliphatic rings. The Morgan fingerprint density at radius 1 is 1.62 bits per heavy atom. The lowest BCUT2D eigenvalue weighted by atomic mass is 10.1. The van der Waals surface area contributed by atoms with E-state index in [0.717, 1.165) is 7.11 Å². The highest BCUT2D eigenvalue weighted by molar-refractivity contribution is 9.08. The van der Waals surface area contributed by atoms with E-state index >= 15 is 0 Å². The lowest BCUT2D eigenvalue weighted by molar-refractivity contribution is 0.0587. The number of hydrogen-bond donors (Lipinski definition) is 0. The molecule has 0 saturated carbocycles. The van der Waals surface area contributed by atoms with Gasteiger partial charge in [0.25, 0.3) is 6.43 Å². The quantitative estimate of drug-likeness (QED) is 0.635. The van der Waals surface area contributed by atoms with Crippen molar-refractivity contribution in [3.63, 3.8) is 0 Å². The molecule has 0 atom stereocenters. The Balaban J connectivity index is 3.45. The highest BCUT2D eigenvalue weighted by atomic mass is 79.9. The van der Waals surface area contributed by atoms with Gasteiger partial charge in [-0.3, -0.25) is 4.98 Å². The van der Waals surface area contributed by atoms with Crippen LogP contribution in [0.25, 0.3) is 0 Å². The molecule has 0 fully saturated rings. The third-order valence-electron chi connectivity index (χ3n) is 2.00. The second-order valence-electron chi connectivity index (χ2n) is 3.10. The number of esters is 1. The molecule has 1 heterocycles. The number of alkyl halides is 3. The normalized spacial score (nSPS) is 10.6. The van der Waals surface area contributed by atoms with Crippen molar-refractivity contribution >= 4 is 21.9 Å². The molecule has 3 nitrogen and oxygen atoms in total. The molecule has 88 valence electrons. The summed E-state index contributed by atoms with van der Waals surface area (Å²) in [6.07, 6.45) is -2.73. The van der Waals surface area contributed by atoms with Gasteiger partial charge in [-0.15, -0.1) is 0 Å². The predicted molar refractivity (Wildman–Crippen MR) is 57.9 cm³/mol. The van der Waals surface area contributed by atoms with Crippen LogP contribution in [0.5, 0.6) is 0 Å². The third kappa shape index (κ3) is 2.55. The highest BCUT2D eigenvalue weighted by Gasteiger charge is 2.23. The van der Waals surface area contributed by atoms with Crippen LogP contribution in [0.4, 0.5) is 8.78 Å². The van der Waals surface area contributed by atoms with Crippen molar-refractivity contribution in [2.75, 3.05) is 7.11 Å². The number of ether oxygens (including phenoxy) is 1. The number of rotatable bonds is 3. The molecule has 16 heavy (non-hydrogen) atoms. The van der Waals surface area contributed by atoms with Gasteiger partial charge in [0, 0.05) is 16.6 Å². The van der Waals surface area contributed by atoms with Gasteiger partial charge in [0.15, 0.2) is 0 Å². The van der Waals surface area contributed by atoms with Crippen LogP contribution in [-0.4, -0.2) is 18.1 Å². The molecule has 0 spiro atoms. The number of hydrogen-bond acceptors (Lipinski definition) is 3. The lowest BCUT2D eigenvalue weighted by Crippen LogP contribution is -2.12. The fourth-order valence-electron chi connectivity index (χ4n) is 1.37.